The molecule has 2 unspecified atom stereocenters. The highest BCUT2D eigenvalue weighted by atomic mass is 16.2. The van der Waals surface area contributed by atoms with Gasteiger partial charge in [-0.15, -0.1) is 0 Å². The number of likely N-dealkylation sites (tertiary alicyclic amines) is 1. The van der Waals surface area contributed by atoms with Gasteiger partial charge < -0.3 is 10.2 Å². The molecule has 0 aromatic heterocycles. The molecule has 0 spiro atoms. The predicted molar refractivity (Wildman–Crippen MR) is 57.6 cm³/mol. The first kappa shape index (κ1) is 12.5. The average Bonchev–Trinajstić information content (AvgIpc) is 2.57. The molecule has 6 nitrogen and oxygen atoms in total. The van der Waals surface area contributed by atoms with Gasteiger partial charge in [0.05, 0.1) is 0 Å². The summed E-state index contributed by atoms with van der Waals surface area (Å²) in [5, 5.41) is 4.45. The normalized spacial score (nSPS) is 21.8. The lowest BCUT2D eigenvalue weighted by Gasteiger charge is -2.27. The first-order valence-electron chi connectivity index (χ1n) is 5.31. The van der Waals surface area contributed by atoms with Gasteiger partial charge in [0.15, 0.2) is 0 Å². The summed E-state index contributed by atoms with van der Waals surface area (Å²) in [7, 11) is 1.43. The molecule has 0 bridgehead atoms. The molecule has 0 aromatic rings. The first-order chi connectivity index (χ1) is 7.47. The molecule has 0 aromatic carbocycles. The Hall–Kier alpha value is -1.59. The van der Waals surface area contributed by atoms with E-state index in [1.807, 2.05) is 6.92 Å². The van der Waals surface area contributed by atoms with Crippen LogP contribution in [0.3, 0.4) is 0 Å². The van der Waals surface area contributed by atoms with Crippen LogP contribution in [0.25, 0.3) is 0 Å². The van der Waals surface area contributed by atoms with Crippen molar-refractivity contribution in [3.63, 3.8) is 0 Å². The maximum absolute atomic E-state index is 11.6. The molecule has 0 saturated carbocycles. The molecular weight excluding hydrogens is 210 g/mol. The van der Waals surface area contributed by atoms with E-state index in [-0.39, 0.29) is 11.9 Å². The zero-order chi connectivity index (χ0) is 12.3. The Balaban J connectivity index is 2.62. The summed E-state index contributed by atoms with van der Waals surface area (Å²) in [6.45, 7) is 3.52. The van der Waals surface area contributed by atoms with E-state index in [1.165, 1.54) is 11.9 Å². The fourth-order valence-corrected chi connectivity index (χ4v) is 1.85. The van der Waals surface area contributed by atoms with Crippen LogP contribution < -0.4 is 10.6 Å². The molecule has 0 radical (unpaired) electrons. The standard InChI is InChI=1S/C10H17N3O3/c1-6-4-5-8(14)13(6)7(2)9(15)12-10(16)11-3/h6-7H,4-5H2,1-3H3,(H2,11,12,15,16). The summed E-state index contributed by atoms with van der Waals surface area (Å²) < 4.78 is 0. The summed E-state index contributed by atoms with van der Waals surface area (Å²) >= 11 is 0. The highest BCUT2D eigenvalue weighted by Gasteiger charge is 2.34. The lowest BCUT2D eigenvalue weighted by Crippen LogP contribution is -2.51. The number of carbonyl (C=O) groups is 3. The van der Waals surface area contributed by atoms with Crippen molar-refractivity contribution < 1.29 is 14.4 Å². The zero-order valence-corrected chi connectivity index (χ0v) is 9.74. The topological polar surface area (TPSA) is 78.5 Å². The van der Waals surface area contributed by atoms with Crippen molar-refractivity contribution in [3.05, 3.63) is 0 Å². The fraction of sp³-hybridized carbons (Fsp3) is 0.700. The van der Waals surface area contributed by atoms with Crippen molar-refractivity contribution in [1.82, 2.24) is 15.5 Å². The third-order valence-corrected chi connectivity index (χ3v) is 2.80. The Bertz CT molecular complexity index is 316. The second-order valence-corrected chi connectivity index (χ2v) is 3.93. The number of imide groups is 1. The van der Waals surface area contributed by atoms with Crippen LogP contribution in [0, 0.1) is 0 Å². The van der Waals surface area contributed by atoms with Crippen LogP contribution in [0.2, 0.25) is 0 Å². The summed E-state index contributed by atoms with van der Waals surface area (Å²) in [6.07, 6.45) is 1.23. The summed E-state index contributed by atoms with van der Waals surface area (Å²) in [6, 6.07) is -1.11. The SMILES string of the molecule is CNC(=O)NC(=O)C(C)N1C(=O)CCC1C. The van der Waals surface area contributed by atoms with E-state index in [2.05, 4.69) is 10.6 Å². The molecule has 90 valence electrons. The van der Waals surface area contributed by atoms with Gasteiger partial charge in [-0.1, -0.05) is 0 Å². The molecule has 1 rings (SSSR count). The van der Waals surface area contributed by atoms with Crippen molar-refractivity contribution in [2.45, 2.75) is 38.8 Å². The Morgan fingerprint density at radius 2 is 2.12 bits per heavy atom. The number of hydrogen-bond acceptors (Lipinski definition) is 3. The van der Waals surface area contributed by atoms with Gasteiger partial charge in [-0.05, 0) is 20.3 Å². The van der Waals surface area contributed by atoms with Gasteiger partial charge in [-0.25, -0.2) is 4.79 Å². The molecule has 1 heterocycles. The van der Waals surface area contributed by atoms with Gasteiger partial charge in [0.1, 0.15) is 6.04 Å². The lowest BCUT2D eigenvalue weighted by molar-refractivity contribution is -0.137. The van der Waals surface area contributed by atoms with Gasteiger partial charge in [-0.2, -0.15) is 0 Å². The van der Waals surface area contributed by atoms with Crippen molar-refractivity contribution >= 4 is 17.8 Å². The van der Waals surface area contributed by atoms with Gasteiger partial charge in [0.2, 0.25) is 5.91 Å². The third-order valence-electron chi connectivity index (χ3n) is 2.80. The molecule has 6 heteroatoms. The molecular formula is C10H17N3O3. The Kier molecular flexibility index (Phi) is 3.87. The monoisotopic (exact) mass is 227 g/mol. The smallest absolute Gasteiger partial charge is 0.321 e. The molecule has 2 N–H and O–H groups in total. The fourth-order valence-electron chi connectivity index (χ4n) is 1.85. The number of hydrogen-bond donors (Lipinski definition) is 2. The Morgan fingerprint density at radius 1 is 1.50 bits per heavy atom. The molecule has 16 heavy (non-hydrogen) atoms. The minimum atomic E-state index is -0.609. The van der Waals surface area contributed by atoms with E-state index in [0.29, 0.717) is 6.42 Å². The molecule has 1 saturated heterocycles. The first-order valence-corrected chi connectivity index (χ1v) is 5.31. The van der Waals surface area contributed by atoms with Crippen LogP contribution in [0.1, 0.15) is 26.7 Å². The van der Waals surface area contributed by atoms with Crippen LogP contribution in [0.5, 0.6) is 0 Å². The van der Waals surface area contributed by atoms with E-state index in [0.717, 1.165) is 6.42 Å². The second-order valence-electron chi connectivity index (χ2n) is 3.93. The van der Waals surface area contributed by atoms with Crippen LogP contribution in [0.15, 0.2) is 0 Å². The molecule has 1 aliphatic heterocycles. The second kappa shape index (κ2) is 4.96. The molecule has 1 aliphatic rings. The van der Waals surface area contributed by atoms with Crippen LogP contribution in [-0.4, -0.2) is 41.9 Å². The maximum Gasteiger partial charge on any atom is 0.321 e. The van der Waals surface area contributed by atoms with Crippen molar-refractivity contribution in [2.24, 2.45) is 0 Å². The van der Waals surface area contributed by atoms with E-state index in [1.54, 1.807) is 6.92 Å². The van der Waals surface area contributed by atoms with Crippen LogP contribution >= 0.6 is 0 Å². The Labute approximate surface area is 94.4 Å². The largest absolute Gasteiger partial charge is 0.341 e. The lowest BCUT2D eigenvalue weighted by atomic mass is 10.2. The molecule has 2 atom stereocenters. The van der Waals surface area contributed by atoms with E-state index < -0.39 is 18.0 Å². The average molecular weight is 227 g/mol. The van der Waals surface area contributed by atoms with E-state index in [4.69, 9.17) is 0 Å². The van der Waals surface area contributed by atoms with Gasteiger partial charge in [-0.3, -0.25) is 14.9 Å². The van der Waals surface area contributed by atoms with Gasteiger partial charge >= 0.3 is 6.03 Å². The number of rotatable bonds is 2. The van der Waals surface area contributed by atoms with Crippen molar-refractivity contribution in [3.8, 4) is 0 Å². The summed E-state index contributed by atoms with van der Waals surface area (Å²) in [4.78, 5) is 35.6. The minimum absolute atomic E-state index is 0.0351. The number of nitrogens with one attached hydrogen (secondary N) is 2. The Morgan fingerprint density at radius 3 is 2.56 bits per heavy atom. The highest BCUT2D eigenvalue weighted by molar-refractivity contribution is 5.98. The highest BCUT2D eigenvalue weighted by Crippen LogP contribution is 2.20. The summed E-state index contributed by atoms with van der Waals surface area (Å²) in [5.74, 6) is -0.492. The number of amides is 4. The van der Waals surface area contributed by atoms with Gasteiger partial charge in [0.25, 0.3) is 5.91 Å². The number of carbonyl (C=O) groups excluding carboxylic acids is 3. The van der Waals surface area contributed by atoms with Crippen molar-refractivity contribution in [1.29, 1.82) is 0 Å². The molecule has 0 aliphatic carbocycles. The van der Waals surface area contributed by atoms with Gasteiger partial charge in [0, 0.05) is 19.5 Å². The summed E-state index contributed by atoms with van der Waals surface area (Å²) in [5.41, 5.74) is 0. The predicted octanol–water partition coefficient (Wildman–Crippen LogP) is -0.159. The number of nitrogens with zero attached hydrogens (tertiary/aromatic N) is 1. The van der Waals surface area contributed by atoms with E-state index >= 15 is 0 Å². The number of urea groups is 1. The van der Waals surface area contributed by atoms with E-state index in [9.17, 15) is 14.4 Å². The third kappa shape index (κ3) is 2.50. The maximum atomic E-state index is 11.6. The van der Waals surface area contributed by atoms with Crippen LogP contribution in [0.4, 0.5) is 4.79 Å². The minimum Gasteiger partial charge on any atom is -0.341 e. The quantitative estimate of drug-likeness (QED) is 0.688. The molecule has 1 fully saturated rings. The van der Waals surface area contributed by atoms with Crippen molar-refractivity contribution in [2.75, 3.05) is 7.05 Å². The molecule has 4 amide bonds. The van der Waals surface area contributed by atoms with Crippen LogP contribution in [-0.2, 0) is 9.59 Å². The zero-order valence-electron chi connectivity index (χ0n) is 9.74.